The number of para-hydroxylation sites is 1. The highest BCUT2D eigenvalue weighted by atomic mass is 16.5. The number of hydrogen-bond donors (Lipinski definition) is 1. The van der Waals surface area contributed by atoms with E-state index in [1.807, 2.05) is 6.07 Å². The molecule has 1 aliphatic heterocycles. The predicted octanol–water partition coefficient (Wildman–Crippen LogP) is 3.25. The normalized spacial score (nSPS) is 13.3. The van der Waals surface area contributed by atoms with Crippen LogP contribution < -0.4 is 19.5 Å². The topological polar surface area (TPSA) is 101 Å². The van der Waals surface area contributed by atoms with Crippen LogP contribution >= 0.6 is 0 Å². The number of anilines is 1. The van der Waals surface area contributed by atoms with Gasteiger partial charge >= 0.3 is 0 Å². The molecule has 1 saturated heterocycles. The lowest BCUT2D eigenvalue weighted by molar-refractivity contribution is -0.132. The van der Waals surface area contributed by atoms with Gasteiger partial charge in [-0.25, -0.2) is 0 Å². The summed E-state index contributed by atoms with van der Waals surface area (Å²) >= 11 is 0. The number of hydrogen-bond acceptors (Lipinski definition) is 6. The number of nitrogens with one attached hydrogen (secondary N) is 1. The van der Waals surface area contributed by atoms with Crippen molar-refractivity contribution < 1.29 is 23.8 Å². The molecule has 8 nitrogen and oxygen atoms in total. The first kappa shape index (κ1) is 22.7. The summed E-state index contributed by atoms with van der Waals surface area (Å²) in [6.07, 6.45) is 3.45. The van der Waals surface area contributed by atoms with Gasteiger partial charge in [0.05, 0.1) is 14.2 Å². The van der Waals surface area contributed by atoms with Crippen LogP contribution in [0.2, 0.25) is 0 Å². The van der Waals surface area contributed by atoms with Gasteiger partial charge in [-0.05, 0) is 37.1 Å². The van der Waals surface area contributed by atoms with Crippen molar-refractivity contribution in [2.45, 2.75) is 12.8 Å². The van der Waals surface area contributed by atoms with E-state index in [1.54, 1.807) is 47.4 Å². The monoisotopic (exact) mass is 435 g/mol. The maximum Gasteiger partial charge on any atom is 0.266 e. The Hall–Kier alpha value is -3.99. The van der Waals surface area contributed by atoms with Gasteiger partial charge in [0, 0.05) is 30.4 Å². The molecule has 2 amide bonds. The number of carbonyl (C=O) groups is 2. The molecule has 1 heterocycles. The van der Waals surface area contributed by atoms with E-state index < -0.39 is 5.91 Å². The highest BCUT2D eigenvalue weighted by Crippen LogP contribution is 2.30. The van der Waals surface area contributed by atoms with Crippen molar-refractivity contribution in [1.29, 1.82) is 5.26 Å². The maximum absolute atomic E-state index is 12.7. The highest BCUT2D eigenvalue weighted by Gasteiger charge is 2.19. The van der Waals surface area contributed by atoms with E-state index in [9.17, 15) is 14.9 Å². The molecule has 166 valence electrons. The Morgan fingerprint density at radius 3 is 2.47 bits per heavy atom. The van der Waals surface area contributed by atoms with Gasteiger partial charge in [0.15, 0.2) is 18.1 Å². The van der Waals surface area contributed by atoms with Gasteiger partial charge in [-0.2, -0.15) is 5.26 Å². The van der Waals surface area contributed by atoms with Crippen LogP contribution in [-0.4, -0.2) is 50.6 Å². The molecule has 1 aliphatic rings. The SMILES string of the molecule is COc1ccc(NC(=O)/C(C#N)=C/c2ccccc2OCC(=O)N2CCCC2)cc1OC. The lowest BCUT2D eigenvalue weighted by Gasteiger charge is -2.16. The molecule has 8 heteroatoms. The van der Waals surface area contributed by atoms with E-state index in [0.29, 0.717) is 28.5 Å². The second-order valence-electron chi connectivity index (χ2n) is 7.11. The van der Waals surface area contributed by atoms with Crippen LogP contribution in [0, 0.1) is 11.3 Å². The van der Waals surface area contributed by atoms with Crippen molar-refractivity contribution in [3.63, 3.8) is 0 Å². The van der Waals surface area contributed by atoms with Crippen LogP contribution in [0.4, 0.5) is 5.69 Å². The molecule has 1 fully saturated rings. The zero-order chi connectivity index (χ0) is 22.9. The molecule has 2 aromatic rings. The van der Waals surface area contributed by atoms with Crippen LogP contribution in [-0.2, 0) is 9.59 Å². The van der Waals surface area contributed by atoms with E-state index in [1.165, 1.54) is 20.3 Å². The summed E-state index contributed by atoms with van der Waals surface area (Å²) in [7, 11) is 3.01. The smallest absolute Gasteiger partial charge is 0.266 e. The number of benzene rings is 2. The van der Waals surface area contributed by atoms with Crippen molar-refractivity contribution >= 4 is 23.6 Å². The van der Waals surface area contributed by atoms with Crippen LogP contribution in [0.5, 0.6) is 17.2 Å². The molecule has 1 N–H and O–H groups in total. The zero-order valence-electron chi connectivity index (χ0n) is 18.1. The summed E-state index contributed by atoms with van der Waals surface area (Å²) in [5.74, 6) is 0.743. The summed E-state index contributed by atoms with van der Waals surface area (Å²) in [5.41, 5.74) is 0.872. The fraction of sp³-hybridized carbons (Fsp3) is 0.292. The van der Waals surface area contributed by atoms with Crippen molar-refractivity contribution in [2.75, 3.05) is 39.2 Å². The molecule has 0 atom stereocenters. The molecule has 32 heavy (non-hydrogen) atoms. The van der Waals surface area contributed by atoms with E-state index in [0.717, 1.165) is 25.9 Å². The van der Waals surface area contributed by atoms with Gasteiger partial charge in [-0.1, -0.05) is 18.2 Å². The molecule has 0 unspecified atom stereocenters. The van der Waals surface area contributed by atoms with Gasteiger partial charge in [0.2, 0.25) is 0 Å². The van der Waals surface area contributed by atoms with Crippen molar-refractivity contribution in [3.8, 4) is 23.3 Å². The summed E-state index contributed by atoms with van der Waals surface area (Å²) < 4.78 is 16.1. The zero-order valence-corrected chi connectivity index (χ0v) is 18.1. The molecular weight excluding hydrogens is 410 g/mol. The van der Waals surface area contributed by atoms with Crippen molar-refractivity contribution in [1.82, 2.24) is 4.90 Å². The Bertz CT molecular complexity index is 1050. The molecule has 0 saturated carbocycles. The van der Waals surface area contributed by atoms with E-state index in [-0.39, 0.29) is 18.1 Å². The number of methoxy groups -OCH3 is 2. The first-order valence-electron chi connectivity index (χ1n) is 10.2. The fourth-order valence-electron chi connectivity index (χ4n) is 3.35. The quantitative estimate of drug-likeness (QED) is 0.505. The Morgan fingerprint density at radius 2 is 1.78 bits per heavy atom. The Kier molecular flexibility index (Phi) is 7.70. The minimum absolute atomic E-state index is 0.0759. The second-order valence-corrected chi connectivity index (χ2v) is 7.11. The van der Waals surface area contributed by atoms with Crippen LogP contribution in [0.15, 0.2) is 48.0 Å². The second kappa shape index (κ2) is 10.9. The number of carbonyl (C=O) groups excluding carboxylic acids is 2. The molecule has 0 aromatic heterocycles. The van der Waals surface area contributed by atoms with Crippen molar-refractivity contribution in [2.24, 2.45) is 0 Å². The Balaban J connectivity index is 1.73. The standard InChI is InChI=1S/C24H25N3O5/c1-30-21-10-9-19(14-22(21)31-2)26-24(29)18(15-25)13-17-7-3-4-8-20(17)32-16-23(28)27-11-5-6-12-27/h3-4,7-10,13-14H,5-6,11-12,16H2,1-2H3,(H,26,29)/b18-13+. The average Bonchev–Trinajstić information content (AvgIpc) is 3.36. The summed E-state index contributed by atoms with van der Waals surface area (Å²) in [5, 5.41) is 12.2. The molecule has 2 aromatic carbocycles. The number of likely N-dealkylation sites (tertiary alicyclic amines) is 1. The summed E-state index contributed by atoms with van der Waals surface area (Å²) in [4.78, 5) is 26.7. The highest BCUT2D eigenvalue weighted by molar-refractivity contribution is 6.10. The summed E-state index contributed by atoms with van der Waals surface area (Å²) in [6.45, 7) is 1.40. The third kappa shape index (κ3) is 5.58. The lowest BCUT2D eigenvalue weighted by Crippen LogP contribution is -2.32. The molecule has 3 rings (SSSR count). The number of rotatable bonds is 8. The number of amides is 2. The Morgan fingerprint density at radius 1 is 1.06 bits per heavy atom. The maximum atomic E-state index is 12.7. The van der Waals surface area contributed by atoms with E-state index >= 15 is 0 Å². The van der Waals surface area contributed by atoms with Gasteiger partial charge in [0.25, 0.3) is 11.8 Å². The first-order chi connectivity index (χ1) is 15.5. The molecule has 0 bridgehead atoms. The van der Waals surface area contributed by atoms with Crippen LogP contribution in [0.25, 0.3) is 6.08 Å². The van der Waals surface area contributed by atoms with Crippen LogP contribution in [0.3, 0.4) is 0 Å². The van der Waals surface area contributed by atoms with Crippen LogP contribution in [0.1, 0.15) is 18.4 Å². The minimum atomic E-state index is -0.581. The number of nitriles is 1. The minimum Gasteiger partial charge on any atom is -0.493 e. The van der Waals surface area contributed by atoms with Gasteiger partial charge in [0.1, 0.15) is 17.4 Å². The Labute approximate surface area is 187 Å². The predicted molar refractivity (Wildman–Crippen MR) is 120 cm³/mol. The molecular formula is C24H25N3O5. The van der Waals surface area contributed by atoms with Gasteiger partial charge < -0.3 is 24.4 Å². The summed E-state index contributed by atoms with van der Waals surface area (Å²) in [6, 6.07) is 13.8. The number of nitrogens with zero attached hydrogens (tertiary/aromatic N) is 2. The molecule has 0 radical (unpaired) electrons. The first-order valence-corrected chi connectivity index (χ1v) is 10.2. The third-order valence-electron chi connectivity index (χ3n) is 5.04. The average molecular weight is 435 g/mol. The third-order valence-corrected chi connectivity index (χ3v) is 5.04. The largest absolute Gasteiger partial charge is 0.493 e. The van der Waals surface area contributed by atoms with Crippen molar-refractivity contribution in [3.05, 3.63) is 53.6 Å². The molecule has 0 aliphatic carbocycles. The number of ether oxygens (including phenoxy) is 3. The van der Waals surface area contributed by atoms with E-state index in [2.05, 4.69) is 5.32 Å². The molecule has 0 spiro atoms. The lowest BCUT2D eigenvalue weighted by atomic mass is 10.1. The fourth-order valence-corrected chi connectivity index (χ4v) is 3.35. The van der Waals surface area contributed by atoms with E-state index in [4.69, 9.17) is 14.2 Å². The van der Waals surface area contributed by atoms with Gasteiger partial charge in [-0.15, -0.1) is 0 Å². The van der Waals surface area contributed by atoms with Gasteiger partial charge in [-0.3, -0.25) is 9.59 Å².